The molecular formula is C58H38N2S. The summed E-state index contributed by atoms with van der Waals surface area (Å²) in [6.07, 6.45) is 0. The van der Waals surface area contributed by atoms with Crippen LogP contribution in [0.15, 0.2) is 231 Å². The van der Waals surface area contributed by atoms with Gasteiger partial charge in [-0.15, -0.1) is 11.3 Å². The molecule has 0 N–H and O–H groups in total. The van der Waals surface area contributed by atoms with Crippen molar-refractivity contribution in [3.05, 3.63) is 231 Å². The SMILES string of the molecule is c1ccc(-c2ccc(N(c3ccc(-c4ccc(-n5c6ccccc6c6cc7ccccc7cc65)cc4)cc3)c3cccc(-c4cccc5c4sc4ccccc45)c3)cc2)cc1. The summed E-state index contributed by atoms with van der Waals surface area (Å²) in [5.41, 5.74) is 14.1. The minimum Gasteiger partial charge on any atom is -0.310 e. The third-order valence-electron chi connectivity index (χ3n) is 12.2. The molecule has 0 aliphatic heterocycles. The summed E-state index contributed by atoms with van der Waals surface area (Å²) in [6, 6.07) is 84.1. The van der Waals surface area contributed by atoms with E-state index in [1.165, 1.54) is 86.1 Å². The van der Waals surface area contributed by atoms with Crippen LogP contribution < -0.4 is 4.90 Å². The van der Waals surface area contributed by atoms with Gasteiger partial charge in [-0.25, -0.2) is 0 Å². The summed E-state index contributed by atoms with van der Waals surface area (Å²) >= 11 is 1.88. The van der Waals surface area contributed by atoms with Gasteiger partial charge in [0, 0.05) is 53.7 Å². The Bertz CT molecular complexity index is 3560. The van der Waals surface area contributed by atoms with Gasteiger partial charge >= 0.3 is 0 Å². The summed E-state index contributed by atoms with van der Waals surface area (Å²) in [7, 11) is 0. The summed E-state index contributed by atoms with van der Waals surface area (Å²) in [6.45, 7) is 0. The molecule has 0 atom stereocenters. The van der Waals surface area contributed by atoms with Crippen molar-refractivity contribution in [2.45, 2.75) is 0 Å². The third-order valence-corrected chi connectivity index (χ3v) is 13.4. The Hall–Kier alpha value is -7.72. The molecule has 3 heteroatoms. The third kappa shape index (κ3) is 6.09. The topological polar surface area (TPSA) is 8.17 Å². The van der Waals surface area contributed by atoms with Crippen LogP contribution in [0.3, 0.4) is 0 Å². The Balaban J connectivity index is 0.923. The minimum atomic E-state index is 1.10. The predicted molar refractivity (Wildman–Crippen MR) is 262 cm³/mol. The summed E-state index contributed by atoms with van der Waals surface area (Å²) < 4.78 is 5.04. The second-order valence-electron chi connectivity index (χ2n) is 15.7. The van der Waals surface area contributed by atoms with Crippen molar-refractivity contribution < 1.29 is 0 Å². The Kier molecular flexibility index (Phi) is 8.39. The van der Waals surface area contributed by atoms with Crippen LogP contribution in [0.1, 0.15) is 0 Å². The molecule has 0 saturated heterocycles. The summed E-state index contributed by atoms with van der Waals surface area (Å²) in [5.74, 6) is 0. The second-order valence-corrected chi connectivity index (χ2v) is 16.8. The van der Waals surface area contributed by atoms with Crippen LogP contribution in [0.4, 0.5) is 17.1 Å². The van der Waals surface area contributed by atoms with Crippen LogP contribution in [0, 0.1) is 0 Å². The number of fused-ring (bicyclic) bond motifs is 7. The lowest BCUT2D eigenvalue weighted by Gasteiger charge is -2.26. The zero-order valence-corrected chi connectivity index (χ0v) is 34.1. The second kappa shape index (κ2) is 14.5. The molecule has 2 nitrogen and oxygen atoms in total. The Labute approximate surface area is 358 Å². The van der Waals surface area contributed by atoms with Crippen LogP contribution in [0.2, 0.25) is 0 Å². The molecule has 0 saturated carbocycles. The van der Waals surface area contributed by atoms with Crippen molar-refractivity contribution in [2.75, 3.05) is 4.90 Å². The molecular weight excluding hydrogens is 757 g/mol. The number of para-hydroxylation sites is 1. The number of thiophene rings is 1. The normalized spacial score (nSPS) is 11.6. The molecule has 0 unspecified atom stereocenters. The fourth-order valence-electron chi connectivity index (χ4n) is 9.21. The zero-order valence-electron chi connectivity index (χ0n) is 33.2. The zero-order chi connectivity index (χ0) is 40.3. The van der Waals surface area contributed by atoms with Crippen molar-refractivity contribution in [2.24, 2.45) is 0 Å². The van der Waals surface area contributed by atoms with Gasteiger partial charge in [0.25, 0.3) is 0 Å². The highest BCUT2D eigenvalue weighted by atomic mass is 32.1. The maximum absolute atomic E-state index is 2.40. The van der Waals surface area contributed by atoms with Crippen molar-refractivity contribution >= 4 is 81.1 Å². The molecule has 10 aromatic carbocycles. The number of anilines is 3. The van der Waals surface area contributed by atoms with E-state index >= 15 is 0 Å². The van der Waals surface area contributed by atoms with Crippen molar-refractivity contribution in [1.82, 2.24) is 4.57 Å². The highest BCUT2D eigenvalue weighted by Gasteiger charge is 2.17. The van der Waals surface area contributed by atoms with Gasteiger partial charge in [0.1, 0.15) is 0 Å². The fourth-order valence-corrected chi connectivity index (χ4v) is 10.4. The Morgan fingerprint density at radius 3 is 1.62 bits per heavy atom. The van der Waals surface area contributed by atoms with Gasteiger partial charge in [-0.2, -0.15) is 0 Å². The van der Waals surface area contributed by atoms with Crippen LogP contribution in [0.25, 0.3) is 91.8 Å². The number of hydrogen-bond donors (Lipinski definition) is 0. The van der Waals surface area contributed by atoms with Gasteiger partial charge in [0.2, 0.25) is 0 Å². The minimum absolute atomic E-state index is 1.10. The molecule has 0 radical (unpaired) electrons. The molecule has 12 aromatic rings. The largest absolute Gasteiger partial charge is 0.310 e. The molecule has 12 rings (SSSR count). The van der Waals surface area contributed by atoms with Gasteiger partial charge in [-0.1, -0.05) is 158 Å². The quantitative estimate of drug-likeness (QED) is 0.156. The predicted octanol–water partition coefficient (Wildman–Crippen LogP) is 16.8. The van der Waals surface area contributed by atoms with Crippen LogP contribution >= 0.6 is 11.3 Å². The Morgan fingerprint density at radius 2 is 0.885 bits per heavy atom. The summed E-state index contributed by atoms with van der Waals surface area (Å²) in [5, 5.41) is 7.68. The maximum Gasteiger partial charge on any atom is 0.0547 e. The van der Waals surface area contributed by atoms with Crippen LogP contribution in [0.5, 0.6) is 0 Å². The molecule has 0 spiro atoms. The molecule has 0 amide bonds. The number of nitrogens with zero attached hydrogens (tertiary/aromatic N) is 2. The van der Waals surface area contributed by atoms with Gasteiger partial charge in [-0.3, -0.25) is 0 Å². The lowest BCUT2D eigenvalue weighted by atomic mass is 10.0. The fraction of sp³-hybridized carbons (Fsp3) is 0. The molecule has 0 fully saturated rings. The number of benzene rings is 10. The smallest absolute Gasteiger partial charge is 0.0547 e. The van der Waals surface area contributed by atoms with Crippen LogP contribution in [-0.2, 0) is 0 Å². The number of aromatic nitrogens is 1. The molecule has 2 heterocycles. The summed E-state index contributed by atoms with van der Waals surface area (Å²) in [4.78, 5) is 2.38. The van der Waals surface area contributed by atoms with Crippen molar-refractivity contribution in [3.8, 4) is 39.1 Å². The monoisotopic (exact) mass is 794 g/mol. The van der Waals surface area contributed by atoms with E-state index in [0.717, 1.165) is 22.7 Å². The molecule has 0 bridgehead atoms. The van der Waals surface area contributed by atoms with Crippen LogP contribution in [-0.4, -0.2) is 4.57 Å². The van der Waals surface area contributed by atoms with Gasteiger partial charge in [0.05, 0.1) is 11.0 Å². The van der Waals surface area contributed by atoms with E-state index in [9.17, 15) is 0 Å². The standard InChI is InChI=1S/C58H38N2S/c1-2-12-39(13-3-1)40-24-30-46(31-25-40)59(49-17-10-16-45(36-49)50-20-11-21-53-52-19-7-9-23-57(52)61-58(50)53)47-32-26-41(27-33-47)42-28-34-48(35-29-42)60-55-22-8-6-18-51(55)54-37-43-14-4-5-15-44(43)38-56(54)60/h1-38H. The molecule has 0 aliphatic carbocycles. The van der Waals surface area contributed by atoms with Gasteiger partial charge < -0.3 is 9.47 Å². The highest BCUT2D eigenvalue weighted by molar-refractivity contribution is 7.26. The first-order valence-electron chi connectivity index (χ1n) is 20.8. The molecule has 286 valence electrons. The first kappa shape index (κ1) is 35.2. The first-order chi connectivity index (χ1) is 30.2. The van der Waals surface area contributed by atoms with E-state index in [4.69, 9.17) is 0 Å². The maximum atomic E-state index is 2.40. The van der Waals surface area contributed by atoms with Gasteiger partial charge in [0.15, 0.2) is 0 Å². The number of hydrogen-bond acceptors (Lipinski definition) is 2. The molecule has 2 aromatic heterocycles. The molecule has 0 aliphatic rings. The van der Waals surface area contributed by atoms with E-state index in [-0.39, 0.29) is 0 Å². The molecule has 61 heavy (non-hydrogen) atoms. The van der Waals surface area contributed by atoms with E-state index in [1.807, 2.05) is 11.3 Å². The van der Waals surface area contributed by atoms with E-state index in [0.29, 0.717) is 0 Å². The van der Waals surface area contributed by atoms with Crippen molar-refractivity contribution in [3.63, 3.8) is 0 Å². The number of rotatable bonds is 7. The van der Waals surface area contributed by atoms with Crippen molar-refractivity contribution in [1.29, 1.82) is 0 Å². The lowest BCUT2D eigenvalue weighted by molar-refractivity contribution is 1.18. The van der Waals surface area contributed by atoms with E-state index in [1.54, 1.807) is 0 Å². The van der Waals surface area contributed by atoms with E-state index < -0.39 is 0 Å². The Morgan fingerprint density at radius 1 is 0.328 bits per heavy atom. The first-order valence-corrected chi connectivity index (χ1v) is 21.6. The average molecular weight is 795 g/mol. The highest BCUT2D eigenvalue weighted by Crippen LogP contribution is 2.43. The van der Waals surface area contributed by atoms with Gasteiger partial charge in [-0.05, 0) is 117 Å². The lowest BCUT2D eigenvalue weighted by Crippen LogP contribution is -2.10. The average Bonchev–Trinajstić information content (AvgIpc) is 3.87. The van der Waals surface area contributed by atoms with E-state index in [2.05, 4.69) is 240 Å².